The molecule has 0 unspecified atom stereocenters. The second kappa shape index (κ2) is 6.48. The number of hydrogen-bond donors (Lipinski definition) is 1. The van der Waals surface area contributed by atoms with Gasteiger partial charge in [-0.2, -0.15) is 0 Å². The highest BCUT2D eigenvalue weighted by molar-refractivity contribution is 5.63. The molecule has 1 aromatic carbocycles. The quantitative estimate of drug-likeness (QED) is 0.866. The molecule has 19 heavy (non-hydrogen) atoms. The largest absolute Gasteiger partial charge is 0.313 e. The van der Waals surface area contributed by atoms with Gasteiger partial charge in [-0.05, 0) is 31.0 Å². The molecule has 0 radical (unpaired) electrons. The summed E-state index contributed by atoms with van der Waals surface area (Å²) in [4.78, 5) is 0. The van der Waals surface area contributed by atoms with Gasteiger partial charge in [0, 0.05) is 18.7 Å². The molecular weight excluding hydrogens is 236 g/mol. The molecule has 0 saturated carbocycles. The molecule has 2 aromatic rings. The number of benzene rings is 1. The number of nitrogens with one attached hydrogen (secondary N) is 1. The van der Waals surface area contributed by atoms with Gasteiger partial charge in [0.2, 0.25) is 0 Å². The first-order valence-corrected chi connectivity index (χ1v) is 6.95. The normalized spacial score (nSPS) is 10.9. The van der Waals surface area contributed by atoms with Crippen LogP contribution in [-0.2, 0) is 13.1 Å². The van der Waals surface area contributed by atoms with Crippen LogP contribution in [-0.4, -0.2) is 21.5 Å². The third-order valence-corrected chi connectivity index (χ3v) is 3.20. The highest BCUT2D eigenvalue weighted by Crippen LogP contribution is 2.23. The Morgan fingerprint density at radius 3 is 2.79 bits per heavy atom. The van der Waals surface area contributed by atoms with Crippen LogP contribution in [0, 0.1) is 6.92 Å². The van der Waals surface area contributed by atoms with E-state index >= 15 is 0 Å². The molecular formula is C15H22N4. The fraction of sp³-hybridized carbons (Fsp3) is 0.467. The Balaban J connectivity index is 2.27. The van der Waals surface area contributed by atoms with Crippen molar-refractivity contribution < 1.29 is 0 Å². The molecule has 2 rings (SSSR count). The molecule has 4 nitrogen and oxygen atoms in total. The van der Waals surface area contributed by atoms with E-state index in [1.165, 1.54) is 16.7 Å². The molecule has 0 atom stereocenters. The molecule has 0 aliphatic heterocycles. The van der Waals surface area contributed by atoms with Gasteiger partial charge in [-0.1, -0.05) is 37.3 Å². The molecule has 0 fully saturated rings. The standard InChI is InChI=1S/C15H22N4/c1-4-8-19-15(11-17-18-19)14-7-6-13(9-12(14)3)10-16-5-2/h6-7,9,11,16H,4-5,8,10H2,1-3H3. The average molecular weight is 258 g/mol. The van der Waals surface area contributed by atoms with Crippen LogP contribution in [0.4, 0.5) is 0 Å². The van der Waals surface area contributed by atoms with Gasteiger partial charge in [-0.15, -0.1) is 5.10 Å². The first-order chi connectivity index (χ1) is 9.26. The fourth-order valence-electron chi connectivity index (χ4n) is 2.24. The molecule has 0 bridgehead atoms. The summed E-state index contributed by atoms with van der Waals surface area (Å²) < 4.78 is 1.98. The molecule has 0 spiro atoms. The Morgan fingerprint density at radius 2 is 2.11 bits per heavy atom. The maximum atomic E-state index is 4.15. The zero-order chi connectivity index (χ0) is 13.7. The number of aromatic nitrogens is 3. The summed E-state index contributed by atoms with van der Waals surface area (Å²) in [7, 11) is 0. The van der Waals surface area contributed by atoms with Crippen LogP contribution < -0.4 is 5.32 Å². The van der Waals surface area contributed by atoms with E-state index in [4.69, 9.17) is 0 Å². The number of nitrogens with zero attached hydrogens (tertiary/aromatic N) is 3. The Morgan fingerprint density at radius 1 is 1.26 bits per heavy atom. The van der Waals surface area contributed by atoms with Gasteiger partial charge in [0.05, 0.1) is 11.9 Å². The predicted molar refractivity (Wildman–Crippen MR) is 77.9 cm³/mol. The van der Waals surface area contributed by atoms with E-state index in [1.807, 2.05) is 10.9 Å². The average Bonchev–Trinajstić information content (AvgIpc) is 2.85. The molecule has 0 amide bonds. The van der Waals surface area contributed by atoms with Crippen LogP contribution in [0.15, 0.2) is 24.4 Å². The molecule has 0 aliphatic rings. The van der Waals surface area contributed by atoms with E-state index in [-0.39, 0.29) is 0 Å². The molecule has 1 N–H and O–H groups in total. The highest BCUT2D eigenvalue weighted by atomic mass is 15.4. The van der Waals surface area contributed by atoms with Gasteiger partial charge in [-0.25, -0.2) is 4.68 Å². The van der Waals surface area contributed by atoms with Crippen LogP contribution in [0.1, 0.15) is 31.4 Å². The Labute approximate surface area is 114 Å². The van der Waals surface area contributed by atoms with Crippen LogP contribution >= 0.6 is 0 Å². The summed E-state index contributed by atoms with van der Waals surface area (Å²) in [5.74, 6) is 0. The van der Waals surface area contributed by atoms with E-state index < -0.39 is 0 Å². The molecule has 102 valence electrons. The van der Waals surface area contributed by atoms with Crippen LogP contribution in [0.3, 0.4) is 0 Å². The van der Waals surface area contributed by atoms with Gasteiger partial charge >= 0.3 is 0 Å². The summed E-state index contributed by atoms with van der Waals surface area (Å²) in [6.45, 7) is 9.24. The lowest BCUT2D eigenvalue weighted by Crippen LogP contribution is -2.11. The van der Waals surface area contributed by atoms with Crippen molar-refractivity contribution in [2.75, 3.05) is 6.54 Å². The number of aryl methyl sites for hydroxylation is 2. The third kappa shape index (κ3) is 3.20. The zero-order valence-corrected chi connectivity index (χ0v) is 12.0. The van der Waals surface area contributed by atoms with E-state index in [0.717, 1.165) is 31.7 Å². The topological polar surface area (TPSA) is 42.7 Å². The lowest BCUT2D eigenvalue weighted by atomic mass is 10.0. The van der Waals surface area contributed by atoms with Crippen molar-refractivity contribution in [2.45, 2.75) is 40.3 Å². The second-order valence-corrected chi connectivity index (χ2v) is 4.77. The fourth-order valence-corrected chi connectivity index (χ4v) is 2.24. The monoisotopic (exact) mass is 258 g/mol. The zero-order valence-electron chi connectivity index (χ0n) is 12.0. The lowest BCUT2D eigenvalue weighted by molar-refractivity contribution is 0.584. The minimum Gasteiger partial charge on any atom is -0.313 e. The smallest absolute Gasteiger partial charge is 0.0888 e. The molecule has 0 saturated heterocycles. The maximum absolute atomic E-state index is 4.15. The van der Waals surface area contributed by atoms with Crippen LogP contribution in [0.25, 0.3) is 11.3 Å². The van der Waals surface area contributed by atoms with Gasteiger partial charge < -0.3 is 5.32 Å². The van der Waals surface area contributed by atoms with Crippen LogP contribution in [0.5, 0.6) is 0 Å². The van der Waals surface area contributed by atoms with E-state index in [0.29, 0.717) is 0 Å². The summed E-state index contributed by atoms with van der Waals surface area (Å²) in [5.41, 5.74) is 4.92. The third-order valence-electron chi connectivity index (χ3n) is 3.20. The SMILES string of the molecule is CCCn1nncc1-c1ccc(CNCC)cc1C. The lowest BCUT2D eigenvalue weighted by Gasteiger charge is -2.10. The van der Waals surface area contributed by atoms with Crippen LogP contribution in [0.2, 0.25) is 0 Å². The Bertz CT molecular complexity index is 531. The van der Waals surface area contributed by atoms with Crippen molar-refractivity contribution in [3.8, 4) is 11.3 Å². The summed E-state index contributed by atoms with van der Waals surface area (Å²) in [6, 6.07) is 6.59. The number of rotatable bonds is 6. The number of hydrogen-bond acceptors (Lipinski definition) is 3. The van der Waals surface area contributed by atoms with E-state index in [1.54, 1.807) is 0 Å². The summed E-state index contributed by atoms with van der Waals surface area (Å²) in [5, 5.41) is 11.5. The maximum Gasteiger partial charge on any atom is 0.0888 e. The van der Waals surface area contributed by atoms with Gasteiger partial charge in [0.1, 0.15) is 0 Å². The highest BCUT2D eigenvalue weighted by Gasteiger charge is 2.09. The minimum absolute atomic E-state index is 0.911. The molecule has 4 heteroatoms. The van der Waals surface area contributed by atoms with E-state index in [9.17, 15) is 0 Å². The van der Waals surface area contributed by atoms with Crippen molar-refractivity contribution in [1.29, 1.82) is 0 Å². The first kappa shape index (κ1) is 13.7. The van der Waals surface area contributed by atoms with E-state index in [2.05, 4.69) is 54.6 Å². The van der Waals surface area contributed by atoms with Crippen molar-refractivity contribution in [2.24, 2.45) is 0 Å². The van der Waals surface area contributed by atoms with Crippen molar-refractivity contribution in [1.82, 2.24) is 20.3 Å². The molecule has 1 heterocycles. The Hall–Kier alpha value is -1.68. The van der Waals surface area contributed by atoms with Gasteiger partial charge in [0.25, 0.3) is 0 Å². The first-order valence-electron chi connectivity index (χ1n) is 6.95. The summed E-state index contributed by atoms with van der Waals surface area (Å²) >= 11 is 0. The molecule has 0 aliphatic carbocycles. The van der Waals surface area contributed by atoms with Gasteiger partial charge in [0.15, 0.2) is 0 Å². The minimum atomic E-state index is 0.911. The van der Waals surface area contributed by atoms with Crippen molar-refractivity contribution in [3.63, 3.8) is 0 Å². The predicted octanol–water partition coefficient (Wildman–Crippen LogP) is 2.77. The van der Waals surface area contributed by atoms with Gasteiger partial charge in [-0.3, -0.25) is 0 Å². The Kier molecular flexibility index (Phi) is 4.68. The van der Waals surface area contributed by atoms with Crippen molar-refractivity contribution in [3.05, 3.63) is 35.5 Å². The van der Waals surface area contributed by atoms with Crippen molar-refractivity contribution >= 4 is 0 Å². The second-order valence-electron chi connectivity index (χ2n) is 4.77. The summed E-state index contributed by atoms with van der Waals surface area (Å²) in [6.07, 6.45) is 2.91. The molecule has 1 aromatic heterocycles.